The second-order valence-electron chi connectivity index (χ2n) is 5.52. The van der Waals surface area contributed by atoms with Crippen molar-refractivity contribution in [2.45, 2.75) is 31.3 Å². The lowest BCUT2D eigenvalue weighted by Gasteiger charge is -2.06. The van der Waals surface area contributed by atoms with E-state index in [0.717, 1.165) is 18.5 Å². The molecule has 0 aliphatic rings. The second-order valence-corrected chi connectivity index (χ2v) is 7.69. The summed E-state index contributed by atoms with van der Waals surface area (Å²) in [4.78, 5) is 4.57. The van der Waals surface area contributed by atoms with Crippen LogP contribution in [0.15, 0.2) is 53.7 Å². The van der Waals surface area contributed by atoms with E-state index in [0.29, 0.717) is 16.1 Å². The molecule has 1 N–H and O–H groups in total. The summed E-state index contributed by atoms with van der Waals surface area (Å²) in [6.07, 6.45) is 4.22. The molecule has 0 fully saturated rings. The molecule has 5 nitrogen and oxygen atoms in total. The van der Waals surface area contributed by atoms with Gasteiger partial charge in [-0.1, -0.05) is 30.7 Å². The van der Waals surface area contributed by atoms with Crippen molar-refractivity contribution in [3.63, 3.8) is 0 Å². The Bertz CT molecular complexity index is 967. The largest absolute Gasteiger partial charge is 0.331 e. The summed E-state index contributed by atoms with van der Waals surface area (Å²) >= 11 is 5.94. The van der Waals surface area contributed by atoms with Gasteiger partial charge in [0.05, 0.1) is 0 Å². The van der Waals surface area contributed by atoms with E-state index in [4.69, 9.17) is 11.6 Å². The molecule has 0 amide bonds. The number of fused-ring (bicyclic) bond motifs is 1. The predicted molar refractivity (Wildman–Crippen MR) is 95.5 cm³/mol. The molecular formula is C17H18ClN3O2S. The van der Waals surface area contributed by atoms with Gasteiger partial charge in [0.2, 0.25) is 10.0 Å². The van der Waals surface area contributed by atoms with E-state index >= 15 is 0 Å². The van der Waals surface area contributed by atoms with Gasteiger partial charge in [0.15, 0.2) is 0 Å². The van der Waals surface area contributed by atoms with E-state index < -0.39 is 10.0 Å². The van der Waals surface area contributed by atoms with Gasteiger partial charge in [0, 0.05) is 35.9 Å². The fourth-order valence-corrected chi connectivity index (χ4v) is 4.06. The number of aromatic nitrogens is 2. The van der Waals surface area contributed by atoms with Crippen LogP contribution in [0.1, 0.15) is 18.9 Å². The van der Waals surface area contributed by atoms with Crippen LogP contribution < -0.4 is 4.72 Å². The highest BCUT2D eigenvalue weighted by Gasteiger charge is 2.21. The standard InChI is InChI=1S/C17H18ClN3O2S/c1-2-9-21-12-16(15-7-4-8-19-17(15)21)24(22,23)20-11-13-5-3-6-14(18)10-13/h3-8,10,12,20H,2,9,11H2,1H3. The molecule has 0 unspecified atom stereocenters. The Morgan fingerprint density at radius 1 is 1.25 bits per heavy atom. The molecule has 3 aromatic rings. The fourth-order valence-electron chi connectivity index (χ4n) is 2.62. The number of nitrogens with zero attached hydrogens (tertiary/aromatic N) is 2. The van der Waals surface area contributed by atoms with Crippen molar-refractivity contribution in [2.75, 3.05) is 0 Å². The van der Waals surface area contributed by atoms with E-state index in [1.807, 2.05) is 17.6 Å². The molecule has 0 bridgehead atoms. The van der Waals surface area contributed by atoms with Crippen LogP contribution in [-0.2, 0) is 23.1 Å². The maximum Gasteiger partial charge on any atom is 0.243 e. The van der Waals surface area contributed by atoms with Crippen molar-refractivity contribution in [1.29, 1.82) is 0 Å². The number of hydrogen-bond acceptors (Lipinski definition) is 3. The Morgan fingerprint density at radius 3 is 2.83 bits per heavy atom. The Hall–Kier alpha value is -1.89. The molecule has 0 aliphatic heterocycles. The smallest absolute Gasteiger partial charge is 0.243 e. The van der Waals surface area contributed by atoms with E-state index in [1.54, 1.807) is 42.7 Å². The molecule has 0 aliphatic carbocycles. The summed E-state index contributed by atoms with van der Waals surface area (Å²) in [5.74, 6) is 0. The van der Waals surface area contributed by atoms with Gasteiger partial charge in [-0.3, -0.25) is 0 Å². The third kappa shape index (κ3) is 3.45. The van der Waals surface area contributed by atoms with Crippen molar-refractivity contribution in [3.05, 3.63) is 59.4 Å². The van der Waals surface area contributed by atoms with Crippen LogP contribution in [-0.4, -0.2) is 18.0 Å². The van der Waals surface area contributed by atoms with E-state index in [2.05, 4.69) is 9.71 Å². The molecule has 7 heteroatoms. The van der Waals surface area contributed by atoms with E-state index in [1.165, 1.54) is 0 Å². The lowest BCUT2D eigenvalue weighted by atomic mass is 10.2. The lowest BCUT2D eigenvalue weighted by Crippen LogP contribution is -2.23. The first kappa shape index (κ1) is 17.0. The normalized spacial score (nSPS) is 11.9. The summed E-state index contributed by atoms with van der Waals surface area (Å²) in [7, 11) is -3.65. The molecule has 126 valence electrons. The summed E-state index contributed by atoms with van der Waals surface area (Å²) in [5.41, 5.74) is 1.49. The fraction of sp³-hybridized carbons (Fsp3) is 0.235. The molecule has 2 heterocycles. The van der Waals surface area contributed by atoms with Crippen molar-refractivity contribution in [1.82, 2.24) is 14.3 Å². The molecule has 1 aromatic carbocycles. The number of sulfonamides is 1. The maximum absolute atomic E-state index is 12.7. The van der Waals surface area contributed by atoms with Crippen LogP contribution in [0.3, 0.4) is 0 Å². The van der Waals surface area contributed by atoms with Gasteiger partial charge >= 0.3 is 0 Å². The van der Waals surface area contributed by atoms with E-state index in [9.17, 15) is 8.42 Å². The highest BCUT2D eigenvalue weighted by Crippen LogP contribution is 2.24. The number of halogens is 1. The molecule has 0 spiro atoms. The Balaban J connectivity index is 1.93. The van der Waals surface area contributed by atoms with Crippen molar-refractivity contribution < 1.29 is 8.42 Å². The van der Waals surface area contributed by atoms with Gasteiger partial charge in [0.25, 0.3) is 0 Å². The van der Waals surface area contributed by atoms with Crippen LogP contribution in [0, 0.1) is 0 Å². The number of pyridine rings is 1. The Morgan fingerprint density at radius 2 is 2.08 bits per heavy atom. The molecule has 0 atom stereocenters. The van der Waals surface area contributed by atoms with Crippen molar-refractivity contribution >= 4 is 32.7 Å². The van der Waals surface area contributed by atoms with Crippen LogP contribution in [0.5, 0.6) is 0 Å². The predicted octanol–water partition coefficient (Wildman–Crippen LogP) is 3.58. The minimum Gasteiger partial charge on any atom is -0.331 e. The van der Waals surface area contributed by atoms with Gasteiger partial charge in [0.1, 0.15) is 10.5 Å². The van der Waals surface area contributed by atoms with Crippen LogP contribution >= 0.6 is 11.6 Å². The number of hydrogen-bond donors (Lipinski definition) is 1. The molecule has 3 rings (SSSR count). The number of benzene rings is 1. The minimum absolute atomic E-state index is 0.184. The molecule has 0 saturated carbocycles. The van der Waals surface area contributed by atoms with E-state index in [-0.39, 0.29) is 11.4 Å². The zero-order valence-corrected chi connectivity index (χ0v) is 14.8. The van der Waals surface area contributed by atoms with Crippen molar-refractivity contribution in [3.8, 4) is 0 Å². The molecule has 0 radical (unpaired) electrons. The number of aryl methyl sites for hydroxylation is 1. The highest BCUT2D eigenvalue weighted by molar-refractivity contribution is 7.89. The lowest BCUT2D eigenvalue weighted by molar-refractivity contribution is 0.581. The first-order valence-corrected chi connectivity index (χ1v) is 9.55. The summed E-state index contributed by atoms with van der Waals surface area (Å²) < 4.78 is 30.0. The van der Waals surface area contributed by atoms with Crippen LogP contribution in [0.2, 0.25) is 5.02 Å². The quantitative estimate of drug-likeness (QED) is 0.728. The average Bonchev–Trinajstić information content (AvgIpc) is 2.94. The topological polar surface area (TPSA) is 64.0 Å². The maximum atomic E-state index is 12.7. The Kier molecular flexibility index (Phi) is 4.89. The minimum atomic E-state index is -3.65. The summed E-state index contributed by atoms with van der Waals surface area (Å²) in [5, 5.41) is 1.21. The second kappa shape index (κ2) is 6.93. The summed E-state index contributed by atoms with van der Waals surface area (Å²) in [6, 6.07) is 10.6. The first-order valence-electron chi connectivity index (χ1n) is 7.69. The van der Waals surface area contributed by atoms with Gasteiger partial charge in [-0.2, -0.15) is 0 Å². The third-order valence-electron chi connectivity index (χ3n) is 3.71. The first-order chi connectivity index (χ1) is 11.5. The third-order valence-corrected chi connectivity index (χ3v) is 5.37. The molecule has 2 aromatic heterocycles. The van der Waals surface area contributed by atoms with Crippen LogP contribution in [0.4, 0.5) is 0 Å². The number of rotatable bonds is 6. The molecule has 24 heavy (non-hydrogen) atoms. The van der Waals surface area contributed by atoms with Crippen LogP contribution in [0.25, 0.3) is 11.0 Å². The monoisotopic (exact) mass is 363 g/mol. The SMILES string of the molecule is CCCn1cc(S(=O)(=O)NCc2cccc(Cl)c2)c2cccnc21. The highest BCUT2D eigenvalue weighted by atomic mass is 35.5. The van der Waals surface area contributed by atoms with Gasteiger partial charge in [-0.05, 0) is 36.2 Å². The van der Waals surface area contributed by atoms with Gasteiger partial charge in [-0.25, -0.2) is 18.1 Å². The Labute approximate surface area is 146 Å². The summed E-state index contributed by atoms with van der Waals surface area (Å²) in [6.45, 7) is 2.95. The zero-order chi connectivity index (χ0) is 17.2. The van der Waals surface area contributed by atoms with Crippen molar-refractivity contribution in [2.24, 2.45) is 0 Å². The van der Waals surface area contributed by atoms with Gasteiger partial charge < -0.3 is 4.57 Å². The molecular weight excluding hydrogens is 346 g/mol. The molecule has 0 saturated heterocycles. The average molecular weight is 364 g/mol. The zero-order valence-electron chi connectivity index (χ0n) is 13.2. The number of nitrogens with one attached hydrogen (secondary N) is 1. The van der Waals surface area contributed by atoms with Gasteiger partial charge in [-0.15, -0.1) is 0 Å².